The van der Waals surface area contributed by atoms with Crippen LogP contribution in [-0.4, -0.2) is 119 Å². The van der Waals surface area contributed by atoms with E-state index in [9.17, 15) is 19.2 Å². The summed E-state index contributed by atoms with van der Waals surface area (Å²) in [6, 6.07) is -0.487. The van der Waals surface area contributed by atoms with Gasteiger partial charge in [0, 0.05) is 38.3 Å². The Morgan fingerprint density at radius 1 is 0.843 bits per heavy atom. The van der Waals surface area contributed by atoms with Gasteiger partial charge in [-0.05, 0) is 127 Å². The molecule has 2 saturated heterocycles. The highest BCUT2D eigenvalue weighted by atomic mass is 16.6. The lowest BCUT2D eigenvalue weighted by Crippen LogP contribution is -2.55. The fraction of sp³-hybridized carbons (Fsp3) is 0.816. The molecule has 1 aliphatic carbocycles. The minimum absolute atomic E-state index is 0.0112. The van der Waals surface area contributed by atoms with E-state index in [-0.39, 0.29) is 42.4 Å². The molecule has 0 bridgehead atoms. The zero-order valence-corrected chi connectivity index (χ0v) is 32.9. The molecule has 0 aromatic carbocycles. The summed E-state index contributed by atoms with van der Waals surface area (Å²) in [6.07, 6.45) is 10.7. The highest BCUT2D eigenvalue weighted by molar-refractivity contribution is 5.99. The Morgan fingerprint density at radius 2 is 1.49 bits per heavy atom. The summed E-state index contributed by atoms with van der Waals surface area (Å²) in [5, 5.41) is 2.64. The normalized spacial score (nSPS) is 21.7. The number of nitrogens with one attached hydrogen (secondary N) is 1. The highest BCUT2D eigenvalue weighted by Gasteiger charge is 2.38. The Labute approximate surface area is 305 Å². The molecular formula is C38H65N5O8. The summed E-state index contributed by atoms with van der Waals surface area (Å²) < 4.78 is 22.8. The maximum Gasteiger partial charge on any atom is 0.437 e. The van der Waals surface area contributed by atoms with Crippen molar-refractivity contribution in [1.29, 1.82) is 0 Å². The van der Waals surface area contributed by atoms with Crippen LogP contribution in [0.2, 0.25) is 0 Å². The third-order valence-corrected chi connectivity index (χ3v) is 8.97. The van der Waals surface area contributed by atoms with Crippen LogP contribution in [0, 0.1) is 0 Å². The maximum atomic E-state index is 14.3. The second kappa shape index (κ2) is 18.5. The van der Waals surface area contributed by atoms with Gasteiger partial charge in [0.1, 0.15) is 22.8 Å². The average molecular weight is 720 g/mol. The summed E-state index contributed by atoms with van der Waals surface area (Å²) in [6.45, 7) is 18.2. The average Bonchev–Trinajstić information content (AvgIpc) is 3.01. The minimum Gasteiger partial charge on any atom is -0.460 e. The zero-order chi connectivity index (χ0) is 38.0. The molecule has 0 aromatic heterocycles. The van der Waals surface area contributed by atoms with E-state index in [0.29, 0.717) is 45.5 Å². The van der Waals surface area contributed by atoms with Crippen molar-refractivity contribution in [3.05, 3.63) is 12.2 Å². The number of piperidine rings is 2. The lowest BCUT2D eigenvalue weighted by atomic mass is 9.95. The highest BCUT2D eigenvalue weighted by Crippen LogP contribution is 2.26. The van der Waals surface area contributed by atoms with E-state index in [1.807, 2.05) is 37.6 Å². The van der Waals surface area contributed by atoms with Crippen LogP contribution in [0.4, 0.5) is 9.59 Å². The number of hydrogen-bond donors (Lipinski definition) is 1. The quantitative estimate of drug-likeness (QED) is 0.0964. The monoisotopic (exact) mass is 719 g/mol. The number of nitrogens with zero attached hydrogens (tertiary/aromatic N) is 4. The molecule has 2 fully saturated rings. The number of likely N-dealkylation sites (tertiary alicyclic amines) is 2. The molecule has 0 saturated carbocycles. The Morgan fingerprint density at radius 3 is 2.08 bits per heavy atom. The number of carbonyl (C=O) groups excluding carboxylic acids is 4. The van der Waals surface area contributed by atoms with Gasteiger partial charge in [-0.3, -0.25) is 19.8 Å². The van der Waals surface area contributed by atoms with Gasteiger partial charge in [-0.15, -0.1) is 4.99 Å². The maximum absolute atomic E-state index is 14.3. The summed E-state index contributed by atoms with van der Waals surface area (Å²) in [7, 11) is 1.95. The van der Waals surface area contributed by atoms with Crippen molar-refractivity contribution in [1.82, 2.24) is 20.0 Å². The van der Waals surface area contributed by atoms with E-state index in [0.717, 1.165) is 38.5 Å². The molecule has 13 nitrogen and oxygen atoms in total. The predicted octanol–water partition coefficient (Wildman–Crippen LogP) is 6.20. The Balaban J connectivity index is 1.61. The number of alkyl carbamates (subject to hydrolysis) is 1. The molecule has 2 aliphatic heterocycles. The molecule has 0 aromatic rings. The van der Waals surface area contributed by atoms with Gasteiger partial charge in [0.2, 0.25) is 11.9 Å². The van der Waals surface area contributed by atoms with Crippen molar-refractivity contribution < 1.29 is 38.1 Å². The molecule has 3 rings (SSSR count). The van der Waals surface area contributed by atoms with Crippen LogP contribution in [0.5, 0.6) is 0 Å². The van der Waals surface area contributed by atoms with E-state index in [1.165, 1.54) is 0 Å². The fourth-order valence-corrected chi connectivity index (χ4v) is 6.64. The third kappa shape index (κ3) is 15.1. The first kappa shape index (κ1) is 42.2. The van der Waals surface area contributed by atoms with Crippen LogP contribution in [0.25, 0.3) is 0 Å². The second-order valence-corrected chi connectivity index (χ2v) is 17.0. The number of hydrogen-bond acceptors (Lipinski definition) is 9. The van der Waals surface area contributed by atoms with Gasteiger partial charge in [0.25, 0.3) is 0 Å². The number of carbonyl (C=O) groups is 4. The third-order valence-electron chi connectivity index (χ3n) is 8.97. The number of rotatable bonds is 9. The molecule has 0 radical (unpaired) electrons. The van der Waals surface area contributed by atoms with Gasteiger partial charge in [0.15, 0.2) is 0 Å². The number of guanidine groups is 1. The molecule has 3 amide bonds. The molecule has 13 heteroatoms. The van der Waals surface area contributed by atoms with Crippen LogP contribution < -0.4 is 5.32 Å². The SMILES string of the molecule is CN([C@@H]1C=CCCC1)[C@@H](CC(=O)OC(C)(C)C)C(=O)N1CCCC[C@H]1CCOC1CCN(C(=NC(=O)OC(C)(C)C)NC(=O)OC(C)(C)C)CC1. The molecule has 0 spiro atoms. The lowest BCUT2D eigenvalue weighted by molar-refractivity contribution is -0.160. The Kier molecular flexibility index (Phi) is 15.3. The fourth-order valence-electron chi connectivity index (χ4n) is 6.64. The Hall–Kier alpha value is -3.19. The lowest BCUT2D eigenvalue weighted by Gasteiger charge is -2.42. The topological polar surface area (TPSA) is 139 Å². The van der Waals surface area contributed by atoms with Crippen LogP contribution in [-0.2, 0) is 28.5 Å². The van der Waals surface area contributed by atoms with Crippen molar-refractivity contribution in [3.8, 4) is 0 Å². The van der Waals surface area contributed by atoms with Gasteiger partial charge >= 0.3 is 18.2 Å². The summed E-state index contributed by atoms with van der Waals surface area (Å²) in [5.41, 5.74) is -2.09. The molecule has 2 heterocycles. The molecule has 51 heavy (non-hydrogen) atoms. The smallest absolute Gasteiger partial charge is 0.437 e. The van der Waals surface area contributed by atoms with E-state index < -0.39 is 35.0 Å². The predicted molar refractivity (Wildman–Crippen MR) is 196 cm³/mol. The Bertz CT molecular complexity index is 1240. The number of likely N-dealkylation sites (N-methyl/N-ethyl adjacent to an activating group) is 1. The number of esters is 1. The largest absolute Gasteiger partial charge is 0.460 e. The van der Waals surface area contributed by atoms with E-state index in [1.54, 1.807) is 41.5 Å². The van der Waals surface area contributed by atoms with Crippen molar-refractivity contribution in [2.45, 2.75) is 168 Å². The minimum atomic E-state index is -0.798. The van der Waals surface area contributed by atoms with Crippen LogP contribution >= 0.6 is 0 Å². The van der Waals surface area contributed by atoms with Crippen LogP contribution in [0.1, 0.15) is 127 Å². The van der Waals surface area contributed by atoms with Gasteiger partial charge in [0.05, 0.1) is 12.5 Å². The first-order chi connectivity index (χ1) is 23.7. The zero-order valence-electron chi connectivity index (χ0n) is 32.9. The van der Waals surface area contributed by atoms with Gasteiger partial charge in [-0.1, -0.05) is 12.2 Å². The summed E-state index contributed by atoms with van der Waals surface area (Å²) >= 11 is 0. The first-order valence-corrected chi connectivity index (χ1v) is 18.8. The van der Waals surface area contributed by atoms with Crippen molar-refractivity contribution in [2.75, 3.05) is 33.3 Å². The van der Waals surface area contributed by atoms with Crippen molar-refractivity contribution in [3.63, 3.8) is 0 Å². The summed E-state index contributed by atoms with van der Waals surface area (Å²) in [4.78, 5) is 62.4. The van der Waals surface area contributed by atoms with E-state index in [2.05, 4.69) is 27.4 Å². The molecule has 290 valence electrons. The first-order valence-electron chi connectivity index (χ1n) is 18.8. The standard InChI is InChI=1S/C38H65N5O8/c1-36(2,3)49-31(44)26-30(41(10)27-16-12-11-13-17-27)32(45)43-22-15-14-18-28(43)21-25-48-29-19-23-42(24-20-29)33(39-34(46)50-37(4,5)6)40-35(47)51-38(7,8)9/h12,16,27-30H,11,13-15,17-26H2,1-10H3,(H,39,40,46,47)/t27-,28+,30+/m1/s1. The number of aliphatic imine (C=N–C) groups is 1. The number of amides is 3. The molecular weight excluding hydrogens is 654 g/mol. The number of ether oxygens (including phenoxy) is 4. The van der Waals surface area contributed by atoms with Crippen molar-refractivity contribution >= 4 is 30.0 Å². The molecule has 3 atom stereocenters. The molecule has 0 unspecified atom stereocenters. The summed E-state index contributed by atoms with van der Waals surface area (Å²) in [5.74, 6) is -0.297. The van der Waals surface area contributed by atoms with Crippen LogP contribution in [0.15, 0.2) is 17.1 Å². The van der Waals surface area contributed by atoms with Gasteiger partial charge < -0.3 is 28.7 Å². The van der Waals surface area contributed by atoms with E-state index in [4.69, 9.17) is 18.9 Å². The molecule has 1 N–H and O–H groups in total. The van der Waals surface area contributed by atoms with Crippen LogP contribution in [0.3, 0.4) is 0 Å². The second-order valence-electron chi connectivity index (χ2n) is 17.0. The van der Waals surface area contributed by atoms with E-state index >= 15 is 0 Å². The molecule has 3 aliphatic rings. The van der Waals surface area contributed by atoms with Gasteiger partial charge in [-0.25, -0.2) is 9.59 Å². The van der Waals surface area contributed by atoms with Gasteiger partial charge in [-0.2, -0.15) is 0 Å². The van der Waals surface area contributed by atoms with Crippen molar-refractivity contribution in [2.24, 2.45) is 4.99 Å². The number of allylic oxidation sites excluding steroid dienone is 1.